The predicted molar refractivity (Wildman–Crippen MR) is 86.9 cm³/mol. The Morgan fingerprint density at radius 2 is 2.00 bits per heavy atom. The minimum Gasteiger partial charge on any atom is -0.314 e. The van der Waals surface area contributed by atoms with E-state index in [0.717, 1.165) is 26.1 Å². The van der Waals surface area contributed by atoms with Crippen molar-refractivity contribution in [1.82, 2.24) is 14.5 Å². The maximum absolute atomic E-state index is 12.8. The maximum atomic E-state index is 12.8. The molecule has 124 valence electrons. The molecule has 0 aromatic heterocycles. The molecule has 1 unspecified atom stereocenters. The van der Waals surface area contributed by atoms with Gasteiger partial charge in [0, 0.05) is 38.8 Å². The van der Waals surface area contributed by atoms with Crippen LogP contribution in [0.2, 0.25) is 0 Å². The van der Waals surface area contributed by atoms with Crippen LogP contribution in [0.1, 0.15) is 40.5 Å². The van der Waals surface area contributed by atoms with Crippen LogP contribution < -0.4 is 5.32 Å². The maximum Gasteiger partial charge on any atom is 0.220 e. The molecule has 2 heterocycles. The first-order valence-electron chi connectivity index (χ1n) is 8.18. The smallest absolute Gasteiger partial charge is 0.220 e. The first kappa shape index (κ1) is 17.2. The van der Waals surface area contributed by atoms with Crippen molar-refractivity contribution in [2.75, 3.05) is 39.3 Å². The number of hydrogen-bond acceptors (Lipinski definition) is 4. The monoisotopic (exact) mass is 317 g/mol. The second-order valence-electron chi connectivity index (χ2n) is 7.40. The van der Waals surface area contributed by atoms with Crippen molar-refractivity contribution in [2.24, 2.45) is 5.92 Å². The zero-order valence-electron chi connectivity index (χ0n) is 13.9. The van der Waals surface area contributed by atoms with Crippen molar-refractivity contribution in [3.05, 3.63) is 0 Å². The number of piperidine rings is 1. The number of likely N-dealkylation sites (tertiary alicyclic amines) is 1. The molecule has 0 saturated carbocycles. The number of rotatable bonds is 3. The Kier molecular flexibility index (Phi) is 5.34. The summed E-state index contributed by atoms with van der Waals surface area (Å²) in [6.07, 6.45) is 2.32. The summed E-state index contributed by atoms with van der Waals surface area (Å²) >= 11 is 0. The lowest BCUT2D eigenvalue weighted by molar-refractivity contribution is 0.128. The average molecular weight is 317 g/mol. The van der Waals surface area contributed by atoms with Crippen molar-refractivity contribution in [2.45, 2.75) is 51.3 Å². The van der Waals surface area contributed by atoms with Crippen molar-refractivity contribution in [3.8, 4) is 0 Å². The zero-order chi connectivity index (χ0) is 15.7. The van der Waals surface area contributed by atoms with Crippen molar-refractivity contribution < 1.29 is 8.42 Å². The summed E-state index contributed by atoms with van der Waals surface area (Å²) in [5.74, 6) is 0.463. The normalized spacial score (nSPS) is 31.2. The van der Waals surface area contributed by atoms with E-state index in [2.05, 4.69) is 24.1 Å². The van der Waals surface area contributed by atoms with Gasteiger partial charge in [0.25, 0.3) is 0 Å². The second kappa shape index (κ2) is 6.52. The Morgan fingerprint density at radius 1 is 1.29 bits per heavy atom. The van der Waals surface area contributed by atoms with E-state index in [1.807, 2.05) is 13.8 Å². The molecule has 0 bridgehead atoms. The second-order valence-corrected chi connectivity index (χ2v) is 9.97. The molecule has 0 aromatic carbocycles. The third-order valence-corrected chi connectivity index (χ3v) is 7.42. The highest BCUT2D eigenvalue weighted by atomic mass is 32.2. The van der Waals surface area contributed by atoms with Gasteiger partial charge in [0.05, 0.1) is 4.75 Å². The molecule has 0 amide bonds. The van der Waals surface area contributed by atoms with Crippen LogP contribution in [0.3, 0.4) is 0 Å². The van der Waals surface area contributed by atoms with Crippen molar-refractivity contribution >= 4 is 10.0 Å². The average Bonchev–Trinajstić information content (AvgIpc) is 2.50. The molecule has 2 saturated heterocycles. The highest BCUT2D eigenvalue weighted by Gasteiger charge is 2.41. The lowest BCUT2D eigenvalue weighted by Crippen LogP contribution is -2.50. The van der Waals surface area contributed by atoms with Crippen LogP contribution >= 0.6 is 0 Å². The Labute approximate surface area is 130 Å². The molecule has 1 N–H and O–H groups in total. The summed E-state index contributed by atoms with van der Waals surface area (Å²) in [4.78, 5) is 2.47. The molecule has 6 heteroatoms. The van der Waals surface area contributed by atoms with Gasteiger partial charge >= 0.3 is 0 Å². The molecular weight excluding hydrogens is 286 g/mol. The number of sulfonamides is 1. The fourth-order valence-electron chi connectivity index (χ4n) is 3.35. The Hall–Kier alpha value is -0.170. The Bertz CT molecular complexity index is 448. The lowest BCUT2D eigenvalue weighted by Gasteiger charge is -2.38. The molecule has 5 nitrogen and oxygen atoms in total. The molecule has 2 aliphatic rings. The molecule has 0 aromatic rings. The van der Waals surface area contributed by atoms with Crippen LogP contribution in [0.4, 0.5) is 0 Å². The summed E-state index contributed by atoms with van der Waals surface area (Å²) in [6, 6.07) is 0.548. The molecule has 1 atom stereocenters. The SMILES string of the molecule is CC(C)N1CCCC(CN2CCNCC(C)(C)S2(=O)=O)C1. The van der Waals surface area contributed by atoms with E-state index in [1.54, 1.807) is 4.31 Å². The van der Waals surface area contributed by atoms with Crippen LogP contribution in [-0.4, -0.2) is 67.7 Å². The molecule has 0 spiro atoms. The first-order valence-corrected chi connectivity index (χ1v) is 9.62. The number of nitrogens with one attached hydrogen (secondary N) is 1. The molecule has 21 heavy (non-hydrogen) atoms. The van der Waals surface area contributed by atoms with Gasteiger partial charge in [0.15, 0.2) is 0 Å². The highest BCUT2D eigenvalue weighted by Crippen LogP contribution is 2.26. The largest absolute Gasteiger partial charge is 0.314 e. The van der Waals surface area contributed by atoms with E-state index in [1.165, 1.54) is 6.42 Å². The third-order valence-electron chi connectivity index (χ3n) is 4.87. The minimum absolute atomic E-state index is 0.463. The van der Waals surface area contributed by atoms with E-state index in [0.29, 0.717) is 31.6 Å². The van der Waals surface area contributed by atoms with Crippen LogP contribution in [0.15, 0.2) is 0 Å². The predicted octanol–water partition coefficient (Wildman–Crippen LogP) is 1.12. The van der Waals surface area contributed by atoms with Gasteiger partial charge in [-0.1, -0.05) is 0 Å². The van der Waals surface area contributed by atoms with Gasteiger partial charge in [-0.2, -0.15) is 4.31 Å². The van der Waals surface area contributed by atoms with E-state index in [-0.39, 0.29) is 0 Å². The van der Waals surface area contributed by atoms with E-state index in [9.17, 15) is 8.42 Å². The molecular formula is C15H31N3O2S. The minimum atomic E-state index is -3.22. The Balaban J connectivity index is 2.07. The van der Waals surface area contributed by atoms with Gasteiger partial charge in [-0.25, -0.2) is 8.42 Å². The van der Waals surface area contributed by atoms with Crippen molar-refractivity contribution in [3.63, 3.8) is 0 Å². The van der Waals surface area contributed by atoms with Crippen LogP contribution in [0.25, 0.3) is 0 Å². The van der Waals surface area contributed by atoms with Crippen LogP contribution in [0.5, 0.6) is 0 Å². The quantitative estimate of drug-likeness (QED) is 0.847. The summed E-state index contributed by atoms with van der Waals surface area (Å²) in [7, 11) is -3.22. The van der Waals surface area contributed by atoms with Gasteiger partial charge in [-0.15, -0.1) is 0 Å². The van der Waals surface area contributed by atoms with Gasteiger partial charge < -0.3 is 10.2 Å². The first-order chi connectivity index (χ1) is 9.74. The van der Waals surface area contributed by atoms with Crippen molar-refractivity contribution in [1.29, 1.82) is 0 Å². The van der Waals surface area contributed by atoms with E-state index in [4.69, 9.17) is 0 Å². The summed E-state index contributed by atoms with van der Waals surface area (Å²) in [6.45, 7) is 12.8. The molecule has 2 fully saturated rings. The standard InChI is InChI=1S/C15H31N3O2S/c1-13(2)17-8-5-6-14(10-17)11-18-9-7-16-12-15(3,4)21(18,19)20/h13-14,16H,5-12H2,1-4H3. The van der Waals surface area contributed by atoms with E-state index >= 15 is 0 Å². The molecule has 0 aliphatic carbocycles. The van der Waals surface area contributed by atoms with Crippen LogP contribution in [0, 0.1) is 5.92 Å². The fraction of sp³-hybridized carbons (Fsp3) is 1.00. The van der Waals surface area contributed by atoms with Gasteiger partial charge in [-0.05, 0) is 53.0 Å². The van der Waals surface area contributed by atoms with E-state index < -0.39 is 14.8 Å². The lowest BCUT2D eigenvalue weighted by atomic mass is 9.97. The summed E-state index contributed by atoms with van der Waals surface area (Å²) in [5, 5.41) is 3.26. The van der Waals surface area contributed by atoms with Gasteiger partial charge in [0.2, 0.25) is 10.0 Å². The molecule has 2 aliphatic heterocycles. The van der Waals surface area contributed by atoms with Gasteiger partial charge in [0.1, 0.15) is 0 Å². The fourth-order valence-corrected chi connectivity index (χ4v) is 5.07. The molecule has 2 rings (SSSR count). The van der Waals surface area contributed by atoms with Crippen LogP contribution in [-0.2, 0) is 10.0 Å². The van der Waals surface area contributed by atoms with Gasteiger partial charge in [-0.3, -0.25) is 0 Å². The highest BCUT2D eigenvalue weighted by molar-refractivity contribution is 7.90. The number of nitrogens with zero attached hydrogens (tertiary/aromatic N) is 2. The Morgan fingerprint density at radius 3 is 2.67 bits per heavy atom. The molecule has 0 radical (unpaired) electrons. The number of hydrogen-bond donors (Lipinski definition) is 1. The zero-order valence-corrected chi connectivity index (χ0v) is 14.7. The third kappa shape index (κ3) is 3.78. The topological polar surface area (TPSA) is 52.6 Å². The summed E-state index contributed by atoms with van der Waals surface area (Å²) in [5.41, 5.74) is 0. The summed E-state index contributed by atoms with van der Waals surface area (Å²) < 4.78 is 26.7.